The highest BCUT2D eigenvalue weighted by molar-refractivity contribution is 5.83. The lowest BCUT2D eigenvalue weighted by Gasteiger charge is -2.23. The third kappa shape index (κ3) is 2.20. The van der Waals surface area contributed by atoms with Gasteiger partial charge in [-0.25, -0.2) is 4.39 Å². The highest BCUT2D eigenvalue weighted by Gasteiger charge is 2.25. The molecule has 1 aromatic heterocycles. The predicted octanol–water partition coefficient (Wildman–Crippen LogP) is 3.41. The van der Waals surface area contributed by atoms with E-state index in [1.165, 1.54) is 0 Å². The standard InChI is InChI=1S/C14H19FN2/c1-9(2)12(8-16)14(15)11-4-3-5-13-10(11)6-7-17-13/h3-7,9,12,14,17H,8,16H2,1-2H3. The van der Waals surface area contributed by atoms with Gasteiger partial charge in [-0.3, -0.25) is 0 Å². The quantitative estimate of drug-likeness (QED) is 0.836. The molecule has 0 aliphatic carbocycles. The zero-order valence-corrected chi connectivity index (χ0v) is 10.3. The predicted molar refractivity (Wildman–Crippen MR) is 69.5 cm³/mol. The van der Waals surface area contributed by atoms with Crippen LogP contribution in [0.15, 0.2) is 30.5 Å². The maximum absolute atomic E-state index is 14.6. The summed E-state index contributed by atoms with van der Waals surface area (Å²) >= 11 is 0. The number of hydrogen-bond acceptors (Lipinski definition) is 1. The summed E-state index contributed by atoms with van der Waals surface area (Å²) in [6, 6.07) is 7.62. The van der Waals surface area contributed by atoms with Crippen LogP contribution in [0.2, 0.25) is 0 Å². The van der Waals surface area contributed by atoms with E-state index in [2.05, 4.69) is 4.98 Å². The van der Waals surface area contributed by atoms with Gasteiger partial charge in [-0.15, -0.1) is 0 Å². The molecule has 2 atom stereocenters. The van der Waals surface area contributed by atoms with Crippen molar-refractivity contribution < 1.29 is 4.39 Å². The summed E-state index contributed by atoms with van der Waals surface area (Å²) in [5.74, 6) is 0.111. The number of aromatic amines is 1. The summed E-state index contributed by atoms with van der Waals surface area (Å²) in [4.78, 5) is 3.10. The van der Waals surface area contributed by atoms with Crippen molar-refractivity contribution in [2.45, 2.75) is 20.0 Å². The van der Waals surface area contributed by atoms with Gasteiger partial charge in [0, 0.05) is 23.0 Å². The van der Waals surface area contributed by atoms with Crippen LogP contribution in [0.3, 0.4) is 0 Å². The second kappa shape index (κ2) is 4.88. The molecule has 0 spiro atoms. The van der Waals surface area contributed by atoms with Crippen LogP contribution in [0.5, 0.6) is 0 Å². The van der Waals surface area contributed by atoms with Crippen molar-refractivity contribution in [1.29, 1.82) is 0 Å². The van der Waals surface area contributed by atoms with E-state index in [0.717, 1.165) is 16.5 Å². The van der Waals surface area contributed by atoms with Crippen LogP contribution in [0.25, 0.3) is 10.9 Å². The van der Waals surface area contributed by atoms with Crippen molar-refractivity contribution in [1.82, 2.24) is 4.98 Å². The van der Waals surface area contributed by atoms with Crippen LogP contribution in [-0.4, -0.2) is 11.5 Å². The normalized spacial score (nSPS) is 15.4. The smallest absolute Gasteiger partial charge is 0.130 e. The number of nitrogens with two attached hydrogens (primary N) is 1. The first-order valence-electron chi connectivity index (χ1n) is 6.05. The minimum absolute atomic E-state index is 0.129. The average Bonchev–Trinajstić information content (AvgIpc) is 2.76. The number of halogens is 1. The molecule has 2 nitrogen and oxygen atoms in total. The van der Waals surface area contributed by atoms with E-state index >= 15 is 0 Å². The Hall–Kier alpha value is -1.35. The van der Waals surface area contributed by atoms with Crippen molar-refractivity contribution in [3.63, 3.8) is 0 Å². The molecule has 17 heavy (non-hydrogen) atoms. The molecular weight excluding hydrogens is 215 g/mol. The van der Waals surface area contributed by atoms with Crippen LogP contribution in [0.4, 0.5) is 4.39 Å². The molecular formula is C14H19FN2. The summed E-state index contributed by atoms with van der Waals surface area (Å²) in [6.45, 7) is 4.41. The van der Waals surface area contributed by atoms with Crippen LogP contribution >= 0.6 is 0 Å². The molecule has 1 aromatic carbocycles. The van der Waals surface area contributed by atoms with E-state index in [1.807, 2.05) is 44.3 Å². The Morgan fingerprint density at radius 3 is 2.71 bits per heavy atom. The fourth-order valence-corrected chi connectivity index (χ4v) is 2.31. The summed E-state index contributed by atoms with van der Waals surface area (Å²) in [5.41, 5.74) is 7.40. The fraction of sp³-hybridized carbons (Fsp3) is 0.429. The molecule has 0 radical (unpaired) electrons. The van der Waals surface area contributed by atoms with Crippen molar-refractivity contribution in [2.24, 2.45) is 17.6 Å². The third-order valence-corrected chi connectivity index (χ3v) is 3.43. The average molecular weight is 234 g/mol. The molecule has 1 heterocycles. The van der Waals surface area contributed by atoms with E-state index in [9.17, 15) is 4.39 Å². The molecule has 2 rings (SSSR count). The first kappa shape index (κ1) is 12.1. The number of nitrogens with one attached hydrogen (secondary N) is 1. The van der Waals surface area contributed by atoms with Crippen molar-refractivity contribution >= 4 is 10.9 Å². The monoisotopic (exact) mass is 234 g/mol. The van der Waals surface area contributed by atoms with Crippen LogP contribution in [0, 0.1) is 11.8 Å². The van der Waals surface area contributed by atoms with E-state index in [1.54, 1.807) is 0 Å². The van der Waals surface area contributed by atoms with Crippen LogP contribution in [-0.2, 0) is 0 Å². The fourth-order valence-electron chi connectivity index (χ4n) is 2.31. The van der Waals surface area contributed by atoms with E-state index in [0.29, 0.717) is 6.54 Å². The first-order valence-corrected chi connectivity index (χ1v) is 6.05. The van der Waals surface area contributed by atoms with Gasteiger partial charge in [0.25, 0.3) is 0 Å². The number of benzene rings is 1. The number of rotatable bonds is 4. The van der Waals surface area contributed by atoms with Crippen LogP contribution in [0.1, 0.15) is 25.6 Å². The second-order valence-electron chi connectivity index (χ2n) is 4.83. The Morgan fingerprint density at radius 1 is 1.29 bits per heavy atom. The molecule has 92 valence electrons. The molecule has 2 unspecified atom stereocenters. The van der Waals surface area contributed by atoms with Gasteiger partial charge in [0.15, 0.2) is 0 Å². The lowest BCUT2D eigenvalue weighted by molar-refractivity contribution is 0.190. The van der Waals surface area contributed by atoms with E-state index in [4.69, 9.17) is 5.73 Å². The Bertz CT molecular complexity index is 490. The molecule has 0 aliphatic rings. The van der Waals surface area contributed by atoms with E-state index in [-0.39, 0.29) is 11.8 Å². The Morgan fingerprint density at radius 2 is 2.06 bits per heavy atom. The van der Waals surface area contributed by atoms with Crippen molar-refractivity contribution in [3.05, 3.63) is 36.0 Å². The summed E-state index contributed by atoms with van der Waals surface area (Å²) < 4.78 is 14.6. The highest BCUT2D eigenvalue weighted by Crippen LogP contribution is 2.34. The summed E-state index contributed by atoms with van der Waals surface area (Å²) in [6.07, 6.45) is 0.841. The summed E-state index contributed by atoms with van der Waals surface area (Å²) in [7, 11) is 0. The second-order valence-corrected chi connectivity index (χ2v) is 4.83. The Labute approximate surface area is 101 Å². The van der Waals surface area contributed by atoms with Gasteiger partial charge in [-0.2, -0.15) is 0 Å². The summed E-state index contributed by atoms with van der Waals surface area (Å²) in [5, 5.41) is 0.958. The number of H-pyrrole nitrogens is 1. The molecule has 3 N–H and O–H groups in total. The Balaban J connectivity index is 2.41. The zero-order chi connectivity index (χ0) is 12.4. The van der Waals surface area contributed by atoms with Gasteiger partial charge in [0.05, 0.1) is 0 Å². The SMILES string of the molecule is CC(C)C(CN)C(F)c1cccc2[nH]ccc12. The van der Waals surface area contributed by atoms with Gasteiger partial charge in [0.2, 0.25) is 0 Å². The first-order chi connectivity index (χ1) is 8.15. The zero-order valence-electron chi connectivity index (χ0n) is 10.3. The molecule has 2 aromatic rings. The highest BCUT2D eigenvalue weighted by atomic mass is 19.1. The molecule has 0 saturated carbocycles. The number of hydrogen-bond donors (Lipinski definition) is 2. The Kier molecular flexibility index (Phi) is 3.48. The maximum atomic E-state index is 14.6. The number of aromatic nitrogens is 1. The molecule has 0 saturated heterocycles. The van der Waals surface area contributed by atoms with Gasteiger partial charge < -0.3 is 10.7 Å². The number of alkyl halides is 1. The largest absolute Gasteiger partial charge is 0.361 e. The molecule has 3 heteroatoms. The molecule has 0 amide bonds. The molecule has 0 aliphatic heterocycles. The molecule has 0 fully saturated rings. The lowest BCUT2D eigenvalue weighted by atomic mass is 9.86. The lowest BCUT2D eigenvalue weighted by Crippen LogP contribution is -2.24. The van der Waals surface area contributed by atoms with Gasteiger partial charge in [0.1, 0.15) is 6.17 Å². The topological polar surface area (TPSA) is 41.8 Å². The van der Waals surface area contributed by atoms with Crippen molar-refractivity contribution in [2.75, 3.05) is 6.54 Å². The number of fused-ring (bicyclic) bond motifs is 1. The minimum Gasteiger partial charge on any atom is -0.361 e. The van der Waals surface area contributed by atoms with E-state index < -0.39 is 6.17 Å². The van der Waals surface area contributed by atoms with Gasteiger partial charge >= 0.3 is 0 Å². The van der Waals surface area contributed by atoms with Crippen LogP contribution < -0.4 is 5.73 Å². The van der Waals surface area contributed by atoms with Crippen molar-refractivity contribution in [3.8, 4) is 0 Å². The maximum Gasteiger partial charge on any atom is 0.130 e. The minimum atomic E-state index is -1.00. The third-order valence-electron chi connectivity index (χ3n) is 3.43. The molecule has 0 bridgehead atoms. The van der Waals surface area contributed by atoms with Gasteiger partial charge in [-0.1, -0.05) is 26.0 Å². The van der Waals surface area contributed by atoms with Gasteiger partial charge in [-0.05, 0) is 30.2 Å².